The molecule has 2 unspecified atom stereocenters. The SMILES string of the molecule is CC1CCNCC1NC(=O)Nc1cccc(C(=O)OCc2ccccc2)c1. The number of benzene rings is 2. The van der Waals surface area contributed by atoms with Crippen LogP contribution >= 0.6 is 0 Å². The van der Waals surface area contributed by atoms with Crippen LogP contribution in [0.15, 0.2) is 54.6 Å². The summed E-state index contributed by atoms with van der Waals surface area (Å²) < 4.78 is 5.33. The van der Waals surface area contributed by atoms with Crippen molar-refractivity contribution in [3.63, 3.8) is 0 Å². The number of anilines is 1. The zero-order valence-electron chi connectivity index (χ0n) is 15.4. The summed E-state index contributed by atoms with van der Waals surface area (Å²) in [5.74, 6) is 0.00399. The number of hydrogen-bond donors (Lipinski definition) is 3. The van der Waals surface area contributed by atoms with E-state index in [-0.39, 0.29) is 18.7 Å². The summed E-state index contributed by atoms with van der Waals surface area (Å²) >= 11 is 0. The molecule has 0 aliphatic carbocycles. The Kier molecular flexibility index (Phi) is 6.44. The predicted molar refractivity (Wildman–Crippen MR) is 105 cm³/mol. The average Bonchev–Trinajstić information content (AvgIpc) is 2.69. The zero-order valence-corrected chi connectivity index (χ0v) is 15.4. The first-order valence-corrected chi connectivity index (χ1v) is 9.21. The van der Waals surface area contributed by atoms with Gasteiger partial charge in [0.2, 0.25) is 0 Å². The van der Waals surface area contributed by atoms with Crippen LogP contribution in [0.1, 0.15) is 29.3 Å². The molecule has 6 heteroatoms. The summed E-state index contributed by atoms with van der Waals surface area (Å²) in [6.07, 6.45) is 1.04. The second kappa shape index (κ2) is 9.19. The van der Waals surface area contributed by atoms with Gasteiger partial charge >= 0.3 is 12.0 Å². The number of piperidine rings is 1. The van der Waals surface area contributed by atoms with E-state index < -0.39 is 5.97 Å². The molecule has 3 N–H and O–H groups in total. The topological polar surface area (TPSA) is 79.5 Å². The maximum atomic E-state index is 12.3. The Hall–Kier alpha value is -2.86. The quantitative estimate of drug-likeness (QED) is 0.709. The average molecular weight is 367 g/mol. The lowest BCUT2D eigenvalue weighted by Gasteiger charge is -2.30. The minimum Gasteiger partial charge on any atom is -0.457 e. The Morgan fingerprint density at radius 3 is 2.74 bits per heavy atom. The molecule has 2 amide bonds. The minimum atomic E-state index is -0.423. The van der Waals surface area contributed by atoms with Crippen LogP contribution in [0.4, 0.5) is 10.5 Å². The number of rotatable bonds is 5. The van der Waals surface area contributed by atoms with E-state index in [1.165, 1.54) is 0 Å². The molecule has 0 radical (unpaired) electrons. The van der Waals surface area contributed by atoms with Crippen molar-refractivity contribution >= 4 is 17.7 Å². The molecular weight excluding hydrogens is 342 g/mol. The third kappa shape index (κ3) is 5.56. The highest BCUT2D eigenvalue weighted by atomic mass is 16.5. The lowest BCUT2D eigenvalue weighted by atomic mass is 9.95. The van der Waals surface area contributed by atoms with Gasteiger partial charge in [0.1, 0.15) is 6.61 Å². The molecule has 142 valence electrons. The lowest BCUT2D eigenvalue weighted by Crippen LogP contribution is -2.51. The molecule has 3 rings (SSSR count). The second-order valence-corrected chi connectivity index (χ2v) is 6.82. The van der Waals surface area contributed by atoms with E-state index in [1.54, 1.807) is 24.3 Å². The summed E-state index contributed by atoms with van der Waals surface area (Å²) in [5, 5.41) is 9.06. The standard InChI is InChI=1S/C21H25N3O3/c1-15-10-11-22-13-19(15)24-21(26)23-18-9-5-8-17(12-18)20(25)27-14-16-6-3-2-4-7-16/h2-9,12,15,19,22H,10-11,13-14H2,1H3,(H2,23,24,26). The summed E-state index contributed by atoms with van der Waals surface area (Å²) in [4.78, 5) is 24.5. The van der Waals surface area contributed by atoms with E-state index in [2.05, 4.69) is 22.9 Å². The molecule has 2 aromatic carbocycles. The van der Waals surface area contributed by atoms with Crippen molar-refractivity contribution in [3.8, 4) is 0 Å². The molecule has 6 nitrogen and oxygen atoms in total. The normalized spacial score (nSPS) is 19.1. The molecule has 0 bridgehead atoms. The number of carbonyl (C=O) groups excluding carboxylic acids is 2. The molecule has 1 aliphatic rings. The van der Waals surface area contributed by atoms with E-state index in [4.69, 9.17) is 4.74 Å². The van der Waals surface area contributed by atoms with Crippen LogP contribution in [-0.2, 0) is 11.3 Å². The molecule has 0 saturated carbocycles. The fourth-order valence-corrected chi connectivity index (χ4v) is 3.05. The zero-order chi connectivity index (χ0) is 19.1. The maximum Gasteiger partial charge on any atom is 0.338 e. The molecule has 0 spiro atoms. The van der Waals surface area contributed by atoms with Crippen molar-refractivity contribution in [3.05, 3.63) is 65.7 Å². The van der Waals surface area contributed by atoms with Gasteiger partial charge in [-0.3, -0.25) is 0 Å². The van der Waals surface area contributed by atoms with E-state index in [0.29, 0.717) is 17.2 Å². The second-order valence-electron chi connectivity index (χ2n) is 6.82. The highest BCUT2D eigenvalue weighted by molar-refractivity contribution is 5.94. The van der Waals surface area contributed by atoms with Crippen molar-refractivity contribution in [2.24, 2.45) is 5.92 Å². The fourth-order valence-electron chi connectivity index (χ4n) is 3.05. The van der Waals surface area contributed by atoms with Gasteiger partial charge in [0.05, 0.1) is 5.56 Å². The third-order valence-electron chi connectivity index (χ3n) is 4.71. The number of urea groups is 1. The number of carbonyl (C=O) groups is 2. The van der Waals surface area contributed by atoms with Crippen molar-refractivity contribution in [2.75, 3.05) is 18.4 Å². The van der Waals surface area contributed by atoms with Crippen LogP contribution in [-0.4, -0.2) is 31.1 Å². The largest absolute Gasteiger partial charge is 0.457 e. The van der Waals surface area contributed by atoms with E-state index >= 15 is 0 Å². The van der Waals surface area contributed by atoms with Crippen LogP contribution in [0.5, 0.6) is 0 Å². The van der Waals surface area contributed by atoms with Gasteiger partial charge in [-0.05, 0) is 42.6 Å². The lowest BCUT2D eigenvalue weighted by molar-refractivity contribution is 0.0472. The van der Waals surface area contributed by atoms with Crippen molar-refractivity contribution in [1.82, 2.24) is 10.6 Å². The van der Waals surface area contributed by atoms with Gasteiger partial charge in [0, 0.05) is 18.3 Å². The molecule has 1 fully saturated rings. The van der Waals surface area contributed by atoms with Gasteiger partial charge in [0.15, 0.2) is 0 Å². The first kappa shape index (κ1) is 18.9. The van der Waals surface area contributed by atoms with Crippen LogP contribution < -0.4 is 16.0 Å². The molecule has 1 heterocycles. The maximum absolute atomic E-state index is 12.3. The molecule has 2 atom stereocenters. The molecule has 2 aromatic rings. The highest BCUT2D eigenvalue weighted by Gasteiger charge is 2.22. The third-order valence-corrected chi connectivity index (χ3v) is 4.71. The number of nitrogens with one attached hydrogen (secondary N) is 3. The summed E-state index contributed by atoms with van der Waals surface area (Å²) in [6.45, 7) is 4.09. The highest BCUT2D eigenvalue weighted by Crippen LogP contribution is 2.14. The first-order chi connectivity index (χ1) is 13.1. The molecule has 0 aromatic heterocycles. The summed E-state index contributed by atoms with van der Waals surface area (Å²) in [5.41, 5.74) is 1.88. The van der Waals surface area contributed by atoms with Gasteiger partial charge in [-0.15, -0.1) is 0 Å². The van der Waals surface area contributed by atoms with Crippen LogP contribution in [0.2, 0.25) is 0 Å². The number of esters is 1. The molecular formula is C21H25N3O3. The smallest absolute Gasteiger partial charge is 0.338 e. The Balaban J connectivity index is 1.54. The van der Waals surface area contributed by atoms with Gasteiger partial charge in [-0.1, -0.05) is 43.3 Å². The van der Waals surface area contributed by atoms with Gasteiger partial charge < -0.3 is 20.7 Å². The molecule has 1 saturated heterocycles. The number of amides is 2. The Labute approximate surface area is 159 Å². The van der Waals surface area contributed by atoms with Crippen LogP contribution in [0.3, 0.4) is 0 Å². The fraction of sp³-hybridized carbons (Fsp3) is 0.333. The van der Waals surface area contributed by atoms with E-state index in [1.807, 2.05) is 30.3 Å². The Morgan fingerprint density at radius 2 is 1.96 bits per heavy atom. The van der Waals surface area contributed by atoms with Gasteiger partial charge in [-0.2, -0.15) is 0 Å². The van der Waals surface area contributed by atoms with Crippen molar-refractivity contribution in [1.29, 1.82) is 0 Å². The first-order valence-electron chi connectivity index (χ1n) is 9.21. The number of ether oxygens (including phenoxy) is 1. The Morgan fingerprint density at radius 1 is 1.15 bits per heavy atom. The van der Waals surface area contributed by atoms with Gasteiger partial charge in [-0.25, -0.2) is 9.59 Å². The van der Waals surface area contributed by atoms with Crippen LogP contribution in [0, 0.1) is 5.92 Å². The Bertz CT molecular complexity index is 779. The summed E-state index contributed by atoms with van der Waals surface area (Å²) in [6, 6.07) is 16.1. The monoisotopic (exact) mass is 367 g/mol. The summed E-state index contributed by atoms with van der Waals surface area (Å²) in [7, 11) is 0. The van der Waals surface area contributed by atoms with Crippen molar-refractivity contribution in [2.45, 2.75) is 26.0 Å². The van der Waals surface area contributed by atoms with E-state index in [0.717, 1.165) is 25.1 Å². The van der Waals surface area contributed by atoms with E-state index in [9.17, 15) is 9.59 Å². The van der Waals surface area contributed by atoms with Gasteiger partial charge in [0.25, 0.3) is 0 Å². The number of hydrogen-bond acceptors (Lipinski definition) is 4. The molecule has 1 aliphatic heterocycles. The van der Waals surface area contributed by atoms with Crippen LogP contribution in [0.25, 0.3) is 0 Å². The van der Waals surface area contributed by atoms with Crippen molar-refractivity contribution < 1.29 is 14.3 Å². The predicted octanol–water partition coefficient (Wildman–Crippen LogP) is 3.16. The minimum absolute atomic E-state index is 0.0952. The molecule has 27 heavy (non-hydrogen) atoms.